The van der Waals surface area contributed by atoms with E-state index in [1.54, 1.807) is 24.2 Å². The van der Waals surface area contributed by atoms with E-state index in [1.807, 2.05) is 12.1 Å². The largest absolute Gasteiger partial charge is 0.466 e. The van der Waals surface area contributed by atoms with Gasteiger partial charge in [-0.3, -0.25) is 14.6 Å². The van der Waals surface area contributed by atoms with Crippen LogP contribution in [0.15, 0.2) is 24.5 Å². The fraction of sp³-hybridized carbons (Fsp3) is 0.533. The van der Waals surface area contributed by atoms with Crippen molar-refractivity contribution in [2.45, 2.75) is 32.7 Å². The van der Waals surface area contributed by atoms with Gasteiger partial charge in [0.05, 0.1) is 13.0 Å². The Morgan fingerprint density at radius 1 is 1.45 bits per heavy atom. The van der Waals surface area contributed by atoms with E-state index in [2.05, 4.69) is 4.98 Å². The van der Waals surface area contributed by atoms with E-state index in [1.165, 1.54) is 0 Å². The summed E-state index contributed by atoms with van der Waals surface area (Å²) in [5.41, 5.74) is 0.977. The molecular formula is C15H20N2O3. The van der Waals surface area contributed by atoms with Gasteiger partial charge in [-0.1, -0.05) is 6.07 Å². The number of pyridine rings is 1. The Morgan fingerprint density at radius 3 is 2.85 bits per heavy atom. The van der Waals surface area contributed by atoms with Gasteiger partial charge in [0, 0.05) is 31.4 Å². The number of ether oxygens (including phenoxy) is 1. The predicted octanol–water partition coefficient (Wildman–Crippen LogP) is 1.77. The van der Waals surface area contributed by atoms with Gasteiger partial charge >= 0.3 is 5.97 Å². The summed E-state index contributed by atoms with van der Waals surface area (Å²) in [6, 6.07) is 3.78. The molecule has 2 rings (SSSR count). The molecule has 5 heteroatoms. The Kier molecular flexibility index (Phi) is 5.09. The molecular weight excluding hydrogens is 256 g/mol. The minimum Gasteiger partial charge on any atom is -0.466 e. The van der Waals surface area contributed by atoms with Crippen LogP contribution in [0.4, 0.5) is 0 Å². The molecule has 1 aromatic rings. The summed E-state index contributed by atoms with van der Waals surface area (Å²) >= 11 is 0. The van der Waals surface area contributed by atoms with E-state index in [0.29, 0.717) is 19.7 Å². The van der Waals surface area contributed by atoms with Gasteiger partial charge in [0.15, 0.2) is 0 Å². The standard InChI is InChI=1S/C15H20N2O3/c1-2-20-14(18)7-9-17(15(19)13-5-6-13)11-12-4-3-8-16-10-12/h3-4,8,10,13H,2,5-7,9,11H2,1H3. The minimum atomic E-state index is -0.257. The molecule has 5 nitrogen and oxygen atoms in total. The predicted molar refractivity (Wildman–Crippen MR) is 73.6 cm³/mol. The molecule has 1 aliphatic rings. The second kappa shape index (κ2) is 7.03. The van der Waals surface area contributed by atoms with Crippen molar-refractivity contribution in [1.82, 2.24) is 9.88 Å². The molecule has 0 aliphatic heterocycles. The lowest BCUT2D eigenvalue weighted by Gasteiger charge is -2.22. The number of esters is 1. The summed E-state index contributed by atoms with van der Waals surface area (Å²) in [5.74, 6) is 0.0271. The molecule has 1 fully saturated rings. The smallest absolute Gasteiger partial charge is 0.307 e. The van der Waals surface area contributed by atoms with Crippen LogP contribution in [0, 0.1) is 5.92 Å². The average molecular weight is 276 g/mol. The molecule has 108 valence electrons. The first-order valence-electron chi connectivity index (χ1n) is 7.04. The topological polar surface area (TPSA) is 59.5 Å². The van der Waals surface area contributed by atoms with Crippen LogP contribution in [0.2, 0.25) is 0 Å². The van der Waals surface area contributed by atoms with E-state index >= 15 is 0 Å². The third kappa shape index (κ3) is 4.33. The fourth-order valence-electron chi connectivity index (χ4n) is 2.03. The first-order chi connectivity index (χ1) is 9.70. The van der Waals surface area contributed by atoms with E-state index in [0.717, 1.165) is 18.4 Å². The van der Waals surface area contributed by atoms with Gasteiger partial charge in [-0.2, -0.15) is 0 Å². The highest BCUT2D eigenvalue weighted by Gasteiger charge is 2.33. The molecule has 0 N–H and O–H groups in total. The van der Waals surface area contributed by atoms with Crippen LogP contribution in [0.3, 0.4) is 0 Å². The van der Waals surface area contributed by atoms with Crippen molar-refractivity contribution >= 4 is 11.9 Å². The molecule has 0 saturated heterocycles. The highest BCUT2D eigenvalue weighted by atomic mass is 16.5. The molecule has 0 atom stereocenters. The van der Waals surface area contributed by atoms with Crippen molar-refractivity contribution in [1.29, 1.82) is 0 Å². The van der Waals surface area contributed by atoms with Crippen molar-refractivity contribution < 1.29 is 14.3 Å². The Hall–Kier alpha value is -1.91. The van der Waals surface area contributed by atoms with E-state index in [9.17, 15) is 9.59 Å². The Balaban J connectivity index is 1.93. The van der Waals surface area contributed by atoms with Gasteiger partial charge in [-0.25, -0.2) is 0 Å². The van der Waals surface area contributed by atoms with Gasteiger partial charge < -0.3 is 9.64 Å². The number of amides is 1. The maximum absolute atomic E-state index is 12.2. The summed E-state index contributed by atoms with van der Waals surface area (Å²) < 4.78 is 4.91. The lowest BCUT2D eigenvalue weighted by molar-refractivity contribution is -0.144. The SMILES string of the molecule is CCOC(=O)CCN(Cc1cccnc1)C(=O)C1CC1. The summed E-state index contributed by atoms with van der Waals surface area (Å²) in [4.78, 5) is 29.5. The first kappa shape index (κ1) is 14.5. The maximum Gasteiger partial charge on any atom is 0.307 e. The number of aromatic nitrogens is 1. The molecule has 0 radical (unpaired) electrons. The fourth-order valence-corrected chi connectivity index (χ4v) is 2.03. The molecule has 1 amide bonds. The summed E-state index contributed by atoms with van der Waals surface area (Å²) in [6.45, 7) is 3.06. The highest BCUT2D eigenvalue weighted by molar-refractivity contribution is 5.81. The van der Waals surface area contributed by atoms with Crippen LogP contribution < -0.4 is 0 Å². The molecule has 0 unspecified atom stereocenters. The first-order valence-corrected chi connectivity index (χ1v) is 7.04. The zero-order valence-corrected chi connectivity index (χ0v) is 11.7. The molecule has 0 aromatic carbocycles. The number of nitrogens with zero attached hydrogens (tertiary/aromatic N) is 2. The number of hydrogen-bond donors (Lipinski definition) is 0. The number of hydrogen-bond acceptors (Lipinski definition) is 4. The summed E-state index contributed by atoms with van der Waals surface area (Å²) in [6.07, 6.45) is 5.61. The molecule has 1 heterocycles. The van der Waals surface area contributed by atoms with Crippen LogP contribution in [-0.4, -0.2) is 34.9 Å². The van der Waals surface area contributed by atoms with Crippen molar-refractivity contribution in [2.24, 2.45) is 5.92 Å². The highest BCUT2D eigenvalue weighted by Crippen LogP contribution is 2.31. The number of carbonyl (C=O) groups is 2. The van der Waals surface area contributed by atoms with Crippen LogP contribution >= 0.6 is 0 Å². The lowest BCUT2D eigenvalue weighted by atomic mass is 10.2. The van der Waals surface area contributed by atoms with Gasteiger partial charge in [-0.15, -0.1) is 0 Å². The lowest BCUT2D eigenvalue weighted by Crippen LogP contribution is -2.34. The Morgan fingerprint density at radius 2 is 2.25 bits per heavy atom. The van der Waals surface area contributed by atoms with Crippen molar-refractivity contribution in [2.75, 3.05) is 13.2 Å². The van der Waals surface area contributed by atoms with Crippen LogP contribution in [-0.2, 0) is 20.9 Å². The van der Waals surface area contributed by atoms with Crippen molar-refractivity contribution in [3.05, 3.63) is 30.1 Å². The van der Waals surface area contributed by atoms with E-state index in [-0.39, 0.29) is 24.2 Å². The van der Waals surface area contributed by atoms with E-state index in [4.69, 9.17) is 4.74 Å². The van der Waals surface area contributed by atoms with Crippen molar-refractivity contribution in [3.63, 3.8) is 0 Å². The zero-order valence-electron chi connectivity index (χ0n) is 11.7. The van der Waals surface area contributed by atoms with Gasteiger partial charge in [0.2, 0.25) is 5.91 Å². The van der Waals surface area contributed by atoms with Crippen LogP contribution in [0.1, 0.15) is 31.7 Å². The van der Waals surface area contributed by atoms with Crippen LogP contribution in [0.25, 0.3) is 0 Å². The normalized spacial score (nSPS) is 13.8. The molecule has 20 heavy (non-hydrogen) atoms. The monoisotopic (exact) mass is 276 g/mol. The molecule has 1 aromatic heterocycles. The average Bonchev–Trinajstić information content (AvgIpc) is 3.28. The Labute approximate surface area is 118 Å². The van der Waals surface area contributed by atoms with E-state index < -0.39 is 0 Å². The molecule has 1 saturated carbocycles. The van der Waals surface area contributed by atoms with Crippen molar-refractivity contribution in [3.8, 4) is 0 Å². The molecule has 0 bridgehead atoms. The summed E-state index contributed by atoms with van der Waals surface area (Å²) in [5, 5.41) is 0. The zero-order chi connectivity index (χ0) is 14.4. The Bertz CT molecular complexity index is 457. The molecule has 0 spiro atoms. The second-order valence-electron chi connectivity index (χ2n) is 4.95. The van der Waals surface area contributed by atoms with Crippen LogP contribution in [0.5, 0.6) is 0 Å². The number of carbonyl (C=O) groups excluding carboxylic acids is 2. The second-order valence-corrected chi connectivity index (χ2v) is 4.95. The molecule has 1 aliphatic carbocycles. The quantitative estimate of drug-likeness (QED) is 0.712. The van der Waals surface area contributed by atoms with Gasteiger partial charge in [0.25, 0.3) is 0 Å². The minimum absolute atomic E-state index is 0.137. The van der Waals surface area contributed by atoms with Gasteiger partial charge in [-0.05, 0) is 31.4 Å². The third-order valence-electron chi connectivity index (χ3n) is 3.23. The third-order valence-corrected chi connectivity index (χ3v) is 3.23. The van der Waals surface area contributed by atoms with Gasteiger partial charge in [0.1, 0.15) is 0 Å². The maximum atomic E-state index is 12.2. The number of rotatable bonds is 7. The summed E-state index contributed by atoms with van der Waals surface area (Å²) in [7, 11) is 0.